The maximum Gasteiger partial charge on any atom is 0.164 e. The Hall–Kier alpha value is -0.780. The lowest BCUT2D eigenvalue weighted by Crippen LogP contribution is -2.15. The Morgan fingerprint density at radius 2 is 2.20 bits per heavy atom. The third kappa shape index (κ3) is 2.25. The van der Waals surface area contributed by atoms with Gasteiger partial charge in [0.05, 0.1) is 19.8 Å². The third-order valence-electron chi connectivity index (χ3n) is 2.27. The topological polar surface area (TPSA) is 75.7 Å². The Morgan fingerprint density at radius 3 is 2.67 bits per heavy atom. The monoisotopic (exact) mass is 275 g/mol. The van der Waals surface area contributed by atoms with Crippen molar-refractivity contribution in [2.24, 2.45) is 5.73 Å². The second-order valence-electron chi connectivity index (χ2n) is 3.24. The van der Waals surface area contributed by atoms with Crippen LogP contribution in [0.1, 0.15) is 17.2 Å². The molecule has 0 spiro atoms. The Balaban J connectivity index is 3.36. The van der Waals surface area contributed by atoms with Crippen molar-refractivity contribution in [3.05, 3.63) is 21.7 Å². The largest absolute Gasteiger partial charge is 0.504 e. The molecule has 0 bridgehead atoms. The molecule has 4 N–H and O–H groups in total. The van der Waals surface area contributed by atoms with Crippen molar-refractivity contribution in [1.82, 2.24) is 0 Å². The summed E-state index contributed by atoms with van der Waals surface area (Å²) < 4.78 is 5.86. The van der Waals surface area contributed by atoms with Crippen LogP contribution in [0.2, 0.25) is 0 Å². The van der Waals surface area contributed by atoms with E-state index < -0.39 is 6.04 Å². The Morgan fingerprint density at radius 1 is 1.60 bits per heavy atom. The lowest BCUT2D eigenvalue weighted by molar-refractivity contribution is 0.264. The quantitative estimate of drug-likeness (QED) is 0.781. The van der Waals surface area contributed by atoms with Gasteiger partial charge in [-0.25, -0.2) is 0 Å². The van der Waals surface area contributed by atoms with E-state index in [1.165, 1.54) is 7.11 Å². The maximum atomic E-state index is 9.86. The number of rotatable bonds is 3. The molecule has 0 fully saturated rings. The molecule has 0 heterocycles. The van der Waals surface area contributed by atoms with Crippen molar-refractivity contribution < 1.29 is 14.9 Å². The zero-order valence-electron chi connectivity index (χ0n) is 8.62. The normalized spacial score (nSPS) is 12.6. The first-order chi connectivity index (χ1) is 7.02. The summed E-state index contributed by atoms with van der Waals surface area (Å²) in [4.78, 5) is 0. The second kappa shape index (κ2) is 4.83. The van der Waals surface area contributed by atoms with Crippen molar-refractivity contribution >= 4 is 15.9 Å². The summed E-state index contributed by atoms with van der Waals surface area (Å²) in [5.41, 5.74) is 6.91. The van der Waals surface area contributed by atoms with Gasteiger partial charge in [0, 0.05) is 15.6 Å². The van der Waals surface area contributed by atoms with Gasteiger partial charge in [-0.1, -0.05) is 15.9 Å². The molecule has 0 saturated carbocycles. The minimum absolute atomic E-state index is 0.0141. The number of phenols is 1. The summed E-state index contributed by atoms with van der Waals surface area (Å²) in [7, 11) is 1.47. The van der Waals surface area contributed by atoms with Crippen LogP contribution >= 0.6 is 15.9 Å². The Labute approximate surface area is 96.8 Å². The molecular formula is C10H14BrNO3. The smallest absolute Gasteiger partial charge is 0.164 e. The van der Waals surface area contributed by atoms with Crippen LogP contribution in [0.3, 0.4) is 0 Å². The predicted molar refractivity (Wildman–Crippen MR) is 61.1 cm³/mol. The fourth-order valence-electron chi connectivity index (χ4n) is 1.36. The summed E-state index contributed by atoms with van der Waals surface area (Å²) in [6.45, 7) is 1.59. The summed E-state index contributed by atoms with van der Waals surface area (Å²) >= 11 is 3.34. The number of aliphatic hydroxyl groups is 1. The zero-order valence-corrected chi connectivity index (χ0v) is 10.2. The summed E-state index contributed by atoms with van der Waals surface area (Å²) in [5, 5.41) is 18.8. The number of hydrogen-bond acceptors (Lipinski definition) is 4. The Kier molecular flexibility index (Phi) is 3.96. The van der Waals surface area contributed by atoms with Crippen LogP contribution in [0.25, 0.3) is 0 Å². The molecule has 1 rings (SSSR count). The molecule has 1 aromatic carbocycles. The van der Waals surface area contributed by atoms with Crippen LogP contribution in [-0.4, -0.2) is 23.9 Å². The highest BCUT2D eigenvalue weighted by Crippen LogP contribution is 2.39. The second-order valence-corrected chi connectivity index (χ2v) is 4.10. The first-order valence-corrected chi connectivity index (χ1v) is 5.24. The SMILES string of the molecule is COc1c(C)c(Br)cc(C(N)CO)c1O. The third-order valence-corrected chi connectivity index (χ3v) is 3.09. The van der Waals surface area contributed by atoms with Crippen LogP contribution in [0.15, 0.2) is 10.5 Å². The molecule has 0 amide bonds. The maximum absolute atomic E-state index is 9.86. The van der Waals surface area contributed by atoms with E-state index in [1.54, 1.807) is 6.07 Å². The van der Waals surface area contributed by atoms with Gasteiger partial charge in [-0.15, -0.1) is 0 Å². The molecule has 0 radical (unpaired) electrons. The van der Waals surface area contributed by atoms with Gasteiger partial charge >= 0.3 is 0 Å². The molecule has 1 atom stereocenters. The van der Waals surface area contributed by atoms with Crippen molar-refractivity contribution in [3.8, 4) is 11.5 Å². The first kappa shape index (κ1) is 12.3. The predicted octanol–water partition coefficient (Wildman–Crippen LogP) is 1.46. The van der Waals surface area contributed by atoms with E-state index in [9.17, 15) is 5.11 Å². The number of aromatic hydroxyl groups is 1. The fraction of sp³-hybridized carbons (Fsp3) is 0.400. The van der Waals surface area contributed by atoms with Gasteiger partial charge in [0.15, 0.2) is 11.5 Å². The number of methoxy groups -OCH3 is 1. The highest BCUT2D eigenvalue weighted by Gasteiger charge is 2.18. The summed E-state index contributed by atoms with van der Waals surface area (Å²) in [6, 6.07) is 1.07. The lowest BCUT2D eigenvalue weighted by Gasteiger charge is -2.16. The molecule has 15 heavy (non-hydrogen) atoms. The number of phenolic OH excluding ortho intramolecular Hbond substituents is 1. The number of nitrogens with two attached hydrogens (primary N) is 1. The van der Waals surface area contributed by atoms with Crippen molar-refractivity contribution in [2.75, 3.05) is 13.7 Å². The number of ether oxygens (including phenoxy) is 1. The molecule has 0 aliphatic heterocycles. The van der Waals surface area contributed by atoms with Gasteiger partial charge in [-0.2, -0.15) is 0 Å². The van der Waals surface area contributed by atoms with E-state index in [2.05, 4.69) is 15.9 Å². The highest BCUT2D eigenvalue weighted by molar-refractivity contribution is 9.10. The molecule has 4 nitrogen and oxygen atoms in total. The van der Waals surface area contributed by atoms with E-state index >= 15 is 0 Å². The average Bonchev–Trinajstić information content (AvgIpc) is 2.23. The molecule has 84 valence electrons. The molecule has 0 aliphatic carbocycles. The van der Waals surface area contributed by atoms with E-state index in [4.69, 9.17) is 15.6 Å². The fourth-order valence-corrected chi connectivity index (χ4v) is 1.79. The van der Waals surface area contributed by atoms with E-state index in [-0.39, 0.29) is 12.4 Å². The van der Waals surface area contributed by atoms with E-state index in [0.29, 0.717) is 11.3 Å². The number of benzene rings is 1. The van der Waals surface area contributed by atoms with Crippen molar-refractivity contribution in [1.29, 1.82) is 0 Å². The van der Waals surface area contributed by atoms with Gasteiger partial charge in [0.2, 0.25) is 0 Å². The molecule has 0 aromatic heterocycles. The zero-order chi connectivity index (χ0) is 11.6. The number of halogens is 1. The van der Waals surface area contributed by atoms with Crippen LogP contribution in [-0.2, 0) is 0 Å². The van der Waals surface area contributed by atoms with Gasteiger partial charge in [0.1, 0.15) is 0 Å². The van der Waals surface area contributed by atoms with Gasteiger partial charge < -0.3 is 20.7 Å². The number of aliphatic hydroxyl groups excluding tert-OH is 1. The lowest BCUT2D eigenvalue weighted by atomic mass is 10.0. The standard InChI is InChI=1S/C10H14BrNO3/c1-5-7(11)3-6(8(12)4-13)9(14)10(5)15-2/h3,8,13-14H,4,12H2,1-2H3. The minimum Gasteiger partial charge on any atom is -0.504 e. The minimum atomic E-state index is -0.615. The first-order valence-electron chi connectivity index (χ1n) is 4.45. The van der Waals surface area contributed by atoms with Crippen molar-refractivity contribution in [3.63, 3.8) is 0 Å². The van der Waals surface area contributed by atoms with E-state index in [1.807, 2.05) is 6.92 Å². The molecule has 1 aromatic rings. The summed E-state index contributed by atoms with van der Waals surface area (Å²) in [5.74, 6) is 0.364. The molecule has 0 aliphatic rings. The van der Waals surface area contributed by atoms with Crippen LogP contribution in [0.4, 0.5) is 0 Å². The molecular weight excluding hydrogens is 262 g/mol. The van der Waals surface area contributed by atoms with Gasteiger partial charge in [-0.05, 0) is 13.0 Å². The van der Waals surface area contributed by atoms with Gasteiger partial charge in [-0.3, -0.25) is 0 Å². The average molecular weight is 276 g/mol. The van der Waals surface area contributed by atoms with Gasteiger partial charge in [0.25, 0.3) is 0 Å². The number of hydrogen-bond donors (Lipinski definition) is 3. The molecule has 1 unspecified atom stereocenters. The highest BCUT2D eigenvalue weighted by atomic mass is 79.9. The van der Waals surface area contributed by atoms with Crippen LogP contribution in [0, 0.1) is 6.92 Å². The van der Waals surface area contributed by atoms with E-state index in [0.717, 1.165) is 10.0 Å². The van der Waals surface area contributed by atoms with Crippen molar-refractivity contribution in [2.45, 2.75) is 13.0 Å². The Bertz CT molecular complexity index is 368. The van der Waals surface area contributed by atoms with Crippen LogP contribution in [0.5, 0.6) is 11.5 Å². The van der Waals surface area contributed by atoms with Crippen LogP contribution < -0.4 is 10.5 Å². The molecule has 0 saturated heterocycles. The summed E-state index contributed by atoms with van der Waals surface area (Å²) in [6.07, 6.45) is 0. The molecule has 5 heteroatoms.